The third-order valence-corrected chi connectivity index (χ3v) is 5.04. The van der Waals surface area contributed by atoms with Crippen LogP contribution in [0, 0.1) is 0 Å². The van der Waals surface area contributed by atoms with Gasteiger partial charge in [0.2, 0.25) is 17.7 Å². The van der Waals surface area contributed by atoms with E-state index in [1.807, 2.05) is 6.26 Å². The number of carbonyl (C=O) groups is 4. The molecule has 8 N–H and O–H groups in total. The minimum Gasteiger partial charge on any atom is -0.480 e. The summed E-state index contributed by atoms with van der Waals surface area (Å²) in [5.74, 6) is -2.27. The molecule has 3 amide bonds. The zero-order chi connectivity index (χ0) is 22.4. The fraction of sp³-hybridized carbons (Fsp3) is 0.765. The molecule has 4 atom stereocenters. The summed E-state index contributed by atoms with van der Waals surface area (Å²) in [7, 11) is 0. The highest BCUT2D eigenvalue weighted by molar-refractivity contribution is 7.98. The molecule has 0 heterocycles. The minimum absolute atomic E-state index is 0.0119. The van der Waals surface area contributed by atoms with E-state index < -0.39 is 47.9 Å². The second kappa shape index (κ2) is 15.4. The van der Waals surface area contributed by atoms with Gasteiger partial charge >= 0.3 is 5.97 Å². The molecule has 0 aliphatic rings. The molecular formula is C17H33N5O5S2. The van der Waals surface area contributed by atoms with Gasteiger partial charge in [0.1, 0.15) is 18.1 Å². The van der Waals surface area contributed by atoms with Crippen LogP contribution in [-0.2, 0) is 19.2 Å². The Morgan fingerprint density at radius 3 is 2.00 bits per heavy atom. The molecule has 29 heavy (non-hydrogen) atoms. The van der Waals surface area contributed by atoms with Gasteiger partial charge in [0, 0.05) is 5.75 Å². The lowest BCUT2D eigenvalue weighted by Gasteiger charge is -2.24. The minimum atomic E-state index is -1.15. The van der Waals surface area contributed by atoms with E-state index >= 15 is 0 Å². The predicted octanol–water partition coefficient (Wildman–Crippen LogP) is -1.32. The Balaban J connectivity index is 5.10. The second-order valence-electron chi connectivity index (χ2n) is 6.56. The maximum Gasteiger partial charge on any atom is 0.326 e. The molecule has 168 valence electrons. The van der Waals surface area contributed by atoms with Gasteiger partial charge in [0.05, 0.1) is 6.04 Å². The third-order valence-electron chi connectivity index (χ3n) is 4.03. The summed E-state index contributed by atoms with van der Waals surface area (Å²) in [5.41, 5.74) is 10.9. The molecule has 0 aliphatic carbocycles. The Hall–Kier alpha value is -1.50. The highest BCUT2D eigenvalue weighted by Gasteiger charge is 2.29. The lowest BCUT2D eigenvalue weighted by molar-refractivity contribution is -0.142. The number of unbranched alkanes of at least 4 members (excludes halogenated alkanes) is 1. The summed E-state index contributed by atoms with van der Waals surface area (Å²) in [6, 6.07) is -3.78. The van der Waals surface area contributed by atoms with Gasteiger partial charge in [0.15, 0.2) is 0 Å². The molecule has 12 heteroatoms. The molecule has 0 aromatic carbocycles. The summed E-state index contributed by atoms with van der Waals surface area (Å²) in [5, 5.41) is 16.8. The number of nitrogens with two attached hydrogens (primary N) is 2. The van der Waals surface area contributed by atoms with Crippen molar-refractivity contribution in [2.24, 2.45) is 11.5 Å². The lowest BCUT2D eigenvalue weighted by Crippen LogP contribution is -2.57. The summed E-state index contributed by atoms with van der Waals surface area (Å²) < 4.78 is 0. The first-order valence-electron chi connectivity index (χ1n) is 9.37. The maximum absolute atomic E-state index is 12.6. The monoisotopic (exact) mass is 451 g/mol. The molecule has 0 saturated heterocycles. The fourth-order valence-electron chi connectivity index (χ4n) is 2.30. The first kappa shape index (κ1) is 27.5. The number of thiol groups is 1. The lowest BCUT2D eigenvalue weighted by atomic mass is 10.1. The number of aliphatic carboxylic acids is 1. The van der Waals surface area contributed by atoms with E-state index in [0.29, 0.717) is 31.6 Å². The molecule has 10 nitrogen and oxygen atoms in total. The molecule has 0 aliphatic heterocycles. The molecule has 0 fully saturated rings. The quantitative estimate of drug-likeness (QED) is 0.118. The summed E-state index contributed by atoms with van der Waals surface area (Å²) in [6.07, 6.45) is 3.60. The molecule has 0 bridgehead atoms. The molecule has 0 radical (unpaired) electrons. The molecule has 0 spiro atoms. The number of hydrogen-bond acceptors (Lipinski definition) is 8. The number of carboxylic acid groups (broad SMARTS) is 1. The molecule has 4 unspecified atom stereocenters. The molecule has 0 rings (SSSR count). The van der Waals surface area contributed by atoms with Crippen molar-refractivity contribution in [3.63, 3.8) is 0 Å². The zero-order valence-electron chi connectivity index (χ0n) is 16.8. The predicted molar refractivity (Wildman–Crippen MR) is 117 cm³/mol. The van der Waals surface area contributed by atoms with E-state index in [4.69, 9.17) is 11.5 Å². The number of carbonyl (C=O) groups excluding carboxylic acids is 3. The van der Waals surface area contributed by atoms with E-state index in [9.17, 15) is 24.3 Å². The fourth-order valence-corrected chi connectivity index (χ4v) is 3.03. The van der Waals surface area contributed by atoms with Crippen molar-refractivity contribution in [2.45, 2.75) is 56.8 Å². The van der Waals surface area contributed by atoms with Gasteiger partial charge < -0.3 is 32.5 Å². The average Bonchev–Trinajstić information content (AvgIpc) is 2.67. The van der Waals surface area contributed by atoms with Crippen molar-refractivity contribution >= 4 is 48.1 Å². The van der Waals surface area contributed by atoms with Crippen LogP contribution in [-0.4, -0.2) is 77.3 Å². The van der Waals surface area contributed by atoms with Crippen LogP contribution in [0.15, 0.2) is 0 Å². The van der Waals surface area contributed by atoms with Gasteiger partial charge in [-0.1, -0.05) is 0 Å². The molecular weight excluding hydrogens is 418 g/mol. The van der Waals surface area contributed by atoms with Crippen molar-refractivity contribution in [3.8, 4) is 0 Å². The average molecular weight is 452 g/mol. The van der Waals surface area contributed by atoms with E-state index in [0.717, 1.165) is 0 Å². The van der Waals surface area contributed by atoms with Gasteiger partial charge in [0.25, 0.3) is 0 Å². The Morgan fingerprint density at radius 2 is 1.52 bits per heavy atom. The van der Waals surface area contributed by atoms with Crippen LogP contribution in [0.4, 0.5) is 0 Å². The van der Waals surface area contributed by atoms with Crippen LogP contribution in [0.3, 0.4) is 0 Å². The Morgan fingerprint density at radius 1 is 0.966 bits per heavy atom. The van der Waals surface area contributed by atoms with Crippen molar-refractivity contribution in [3.05, 3.63) is 0 Å². The summed E-state index contributed by atoms with van der Waals surface area (Å²) >= 11 is 5.55. The Labute approximate surface area is 181 Å². The number of rotatable bonds is 15. The molecule has 0 aromatic heterocycles. The van der Waals surface area contributed by atoms with Crippen LogP contribution in [0.2, 0.25) is 0 Å². The van der Waals surface area contributed by atoms with Gasteiger partial charge in [-0.05, 0) is 51.2 Å². The zero-order valence-corrected chi connectivity index (χ0v) is 18.6. The Bertz CT molecular complexity index is 550. The largest absolute Gasteiger partial charge is 0.480 e. The smallest absolute Gasteiger partial charge is 0.326 e. The maximum atomic E-state index is 12.6. The number of carboxylic acids is 1. The van der Waals surface area contributed by atoms with Gasteiger partial charge in [-0.2, -0.15) is 24.4 Å². The first-order chi connectivity index (χ1) is 13.7. The van der Waals surface area contributed by atoms with Crippen LogP contribution in [0.25, 0.3) is 0 Å². The number of nitrogens with one attached hydrogen (secondary N) is 3. The molecule has 0 saturated carbocycles. The van der Waals surface area contributed by atoms with Crippen LogP contribution in [0.1, 0.15) is 32.6 Å². The van der Waals surface area contributed by atoms with E-state index in [-0.39, 0.29) is 12.2 Å². The SMILES string of the molecule is CSCCC(NC(=O)C(CS)NC(=O)C(C)N)C(=O)NC(CCCCN)C(=O)O. The van der Waals surface area contributed by atoms with Crippen molar-refractivity contribution < 1.29 is 24.3 Å². The van der Waals surface area contributed by atoms with Gasteiger partial charge in [-0.15, -0.1) is 0 Å². The van der Waals surface area contributed by atoms with Crippen LogP contribution in [0.5, 0.6) is 0 Å². The van der Waals surface area contributed by atoms with Crippen LogP contribution >= 0.6 is 24.4 Å². The summed E-state index contributed by atoms with van der Waals surface area (Å²) in [4.78, 5) is 48.3. The van der Waals surface area contributed by atoms with Gasteiger partial charge in [-0.25, -0.2) is 4.79 Å². The second-order valence-corrected chi connectivity index (χ2v) is 7.91. The normalized spacial score (nSPS) is 14.9. The number of thioether (sulfide) groups is 1. The number of amides is 3. The van der Waals surface area contributed by atoms with Crippen LogP contribution < -0.4 is 27.4 Å². The van der Waals surface area contributed by atoms with Crippen molar-refractivity contribution in [2.75, 3.05) is 24.3 Å². The highest BCUT2D eigenvalue weighted by atomic mass is 32.2. The third kappa shape index (κ3) is 11.3. The van der Waals surface area contributed by atoms with Gasteiger partial charge in [-0.3, -0.25) is 14.4 Å². The van der Waals surface area contributed by atoms with E-state index in [1.54, 1.807) is 0 Å². The van der Waals surface area contributed by atoms with E-state index in [1.165, 1.54) is 18.7 Å². The first-order valence-corrected chi connectivity index (χ1v) is 11.4. The number of hydrogen-bond donors (Lipinski definition) is 7. The van der Waals surface area contributed by atoms with Crippen molar-refractivity contribution in [1.82, 2.24) is 16.0 Å². The highest BCUT2D eigenvalue weighted by Crippen LogP contribution is 2.06. The standard InChI is InChI=1S/C17H33N5O5S2/c1-10(19)14(23)22-13(9-28)16(25)20-11(6-8-29-2)15(24)21-12(17(26)27)5-3-4-7-18/h10-13,28H,3-9,18-19H2,1-2H3,(H,20,25)(H,21,24)(H,22,23)(H,26,27). The Kier molecular flexibility index (Phi) is 14.6. The molecule has 0 aromatic rings. The topological polar surface area (TPSA) is 177 Å². The summed E-state index contributed by atoms with van der Waals surface area (Å²) in [6.45, 7) is 1.92. The van der Waals surface area contributed by atoms with Crippen molar-refractivity contribution in [1.29, 1.82) is 0 Å². The van der Waals surface area contributed by atoms with E-state index in [2.05, 4.69) is 28.6 Å².